The maximum atomic E-state index is 12.7. The van der Waals surface area contributed by atoms with Crippen LogP contribution in [0.15, 0.2) is 60.7 Å². The molecular weight excluding hydrogens is 380 g/mol. The molecule has 0 heterocycles. The van der Waals surface area contributed by atoms with Gasteiger partial charge in [0.15, 0.2) is 0 Å². The normalized spacial score (nSPS) is 12.2. The molecule has 0 saturated heterocycles. The smallest absolute Gasteiger partial charge is 0.412 e. The Hall–Kier alpha value is -3.56. The minimum Gasteiger partial charge on any atom is -0.507 e. The van der Waals surface area contributed by atoms with E-state index in [-0.39, 0.29) is 12.4 Å². The number of hydrogen-bond acceptors (Lipinski definition) is 5. The second-order valence-corrected chi connectivity index (χ2v) is 7.78. The van der Waals surface area contributed by atoms with Gasteiger partial charge in [0.1, 0.15) is 11.9 Å². The molecule has 0 aliphatic carbocycles. The van der Waals surface area contributed by atoms with Gasteiger partial charge >= 0.3 is 6.09 Å². The highest BCUT2D eigenvalue weighted by molar-refractivity contribution is 5.91. The summed E-state index contributed by atoms with van der Waals surface area (Å²) >= 11 is 0. The highest BCUT2D eigenvalue weighted by Crippen LogP contribution is 2.43. The fourth-order valence-electron chi connectivity index (χ4n) is 3.48. The topological polar surface area (TPSA) is 103 Å². The number of fused-ring (bicyclic) bond motifs is 1. The number of amides is 1. The van der Waals surface area contributed by atoms with Crippen LogP contribution in [0.4, 0.5) is 10.5 Å². The molecule has 1 atom stereocenters. The number of nitriles is 1. The second-order valence-electron chi connectivity index (χ2n) is 7.78. The van der Waals surface area contributed by atoms with Gasteiger partial charge < -0.3 is 14.9 Å². The van der Waals surface area contributed by atoms with Crippen LogP contribution in [0.5, 0.6) is 5.75 Å². The second kappa shape index (κ2) is 8.85. The summed E-state index contributed by atoms with van der Waals surface area (Å²) in [4.78, 5) is 12.7. The van der Waals surface area contributed by atoms with E-state index in [1.807, 2.05) is 38.1 Å². The highest BCUT2D eigenvalue weighted by atomic mass is 16.6. The third-order valence-electron chi connectivity index (χ3n) is 5.17. The average Bonchev–Trinajstić information content (AvgIpc) is 2.73. The zero-order valence-corrected chi connectivity index (χ0v) is 16.9. The Morgan fingerprint density at radius 3 is 2.40 bits per heavy atom. The zero-order chi connectivity index (χ0) is 21.7. The molecule has 154 valence electrons. The predicted molar refractivity (Wildman–Crippen MR) is 115 cm³/mol. The molecular formula is C24H24N2O4. The lowest BCUT2D eigenvalue weighted by atomic mass is 9.78. The standard InChI is InChI=1S/C24H24N2O4/c1-24(2,13-14-27)22(20-11-12-21(28)19-6-4-3-5-18(19)20)30-23(29)26-17-9-7-16(15-25)8-10-17/h3-12,22,27-28H,13-14H2,1-2H3,(H,26,29)/t22-/m0/s1. The van der Waals surface area contributed by atoms with Gasteiger partial charge in [-0.3, -0.25) is 5.32 Å². The molecule has 30 heavy (non-hydrogen) atoms. The quantitative estimate of drug-likeness (QED) is 0.529. The van der Waals surface area contributed by atoms with Crippen molar-refractivity contribution in [1.29, 1.82) is 5.26 Å². The van der Waals surface area contributed by atoms with Crippen molar-refractivity contribution in [2.24, 2.45) is 5.41 Å². The number of benzene rings is 3. The first kappa shape index (κ1) is 21.2. The van der Waals surface area contributed by atoms with Gasteiger partial charge in [-0.25, -0.2) is 4.79 Å². The van der Waals surface area contributed by atoms with Gasteiger partial charge in [0.2, 0.25) is 0 Å². The van der Waals surface area contributed by atoms with Crippen molar-refractivity contribution in [2.45, 2.75) is 26.4 Å². The molecule has 1 amide bonds. The van der Waals surface area contributed by atoms with Crippen LogP contribution in [-0.4, -0.2) is 22.9 Å². The van der Waals surface area contributed by atoms with Crippen molar-refractivity contribution in [1.82, 2.24) is 0 Å². The van der Waals surface area contributed by atoms with E-state index in [0.717, 1.165) is 10.9 Å². The molecule has 6 nitrogen and oxygen atoms in total. The molecule has 3 rings (SSSR count). The monoisotopic (exact) mass is 404 g/mol. The van der Waals surface area contributed by atoms with E-state index in [1.165, 1.54) is 0 Å². The zero-order valence-electron chi connectivity index (χ0n) is 16.9. The number of nitrogens with zero attached hydrogens (tertiary/aromatic N) is 1. The predicted octanol–water partition coefficient (Wildman–Crippen LogP) is 5.12. The first-order valence-electron chi connectivity index (χ1n) is 9.65. The van der Waals surface area contributed by atoms with E-state index in [2.05, 4.69) is 5.32 Å². The maximum absolute atomic E-state index is 12.7. The van der Waals surface area contributed by atoms with E-state index in [4.69, 9.17) is 10.00 Å². The number of phenolic OH excluding ortho intramolecular Hbond substituents is 1. The molecule has 0 aliphatic heterocycles. The first-order valence-corrected chi connectivity index (χ1v) is 9.65. The lowest BCUT2D eigenvalue weighted by Crippen LogP contribution is -2.30. The van der Waals surface area contributed by atoms with Crippen LogP contribution in [0, 0.1) is 16.7 Å². The maximum Gasteiger partial charge on any atom is 0.412 e. The first-order chi connectivity index (χ1) is 14.4. The highest BCUT2D eigenvalue weighted by Gasteiger charge is 2.35. The minimum atomic E-state index is -0.673. The number of aliphatic hydroxyl groups excluding tert-OH is 1. The Kier molecular flexibility index (Phi) is 6.24. The molecule has 0 fully saturated rings. The summed E-state index contributed by atoms with van der Waals surface area (Å²) in [6.45, 7) is 3.79. The number of ether oxygens (including phenoxy) is 1. The van der Waals surface area contributed by atoms with Gasteiger partial charge in [-0.1, -0.05) is 44.2 Å². The number of aliphatic hydroxyl groups is 1. The molecule has 0 aromatic heterocycles. The van der Waals surface area contributed by atoms with Gasteiger partial charge in [-0.15, -0.1) is 0 Å². The molecule has 0 spiro atoms. The van der Waals surface area contributed by atoms with Crippen LogP contribution >= 0.6 is 0 Å². The Labute approximate surface area is 175 Å². The van der Waals surface area contributed by atoms with Gasteiger partial charge in [0.25, 0.3) is 0 Å². The Morgan fingerprint density at radius 1 is 1.10 bits per heavy atom. The number of phenols is 1. The molecule has 3 N–H and O–H groups in total. The molecule has 0 radical (unpaired) electrons. The van der Waals surface area contributed by atoms with Crippen molar-refractivity contribution in [3.8, 4) is 11.8 Å². The molecule has 0 bridgehead atoms. The fourth-order valence-corrected chi connectivity index (χ4v) is 3.48. The Balaban J connectivity index is 1.95. The molecule has 3 aromatic carbocycles. The number of anilines is 1. The average molecular weight is 404 g/mol. The fraction of sp³-hybridized carbons (Fsp3) is 0.250. The van der Waals surface area contributed by atoms with E-state index < -0.39 is 17.6 Å². The van der Waals surface area contributed by atoms with E-state index in [0.29, 0.717) is 23.1 Å². The number of carbonyl (C=O) groups is 1. The van der Waals surface area contributed by atoms with E-state index in [1.54, 1.807) is 42.5 Å². The van der Waals surface area contributed by atoms with Crippen LogP contribution < -0.4 is 5.32 Å². The summed E-state index contributed by atoms with van der Waals surface area (Å²) in [5.74, 6) is 0.148. The number of aromatic hydroxyl groups is 1. The van der Waals surface area contributed by atoms with Crippen molar-refractivity contribution in [3.05, 3.63) is 71.8 Å². The lowest BCUT2D eigenvalue weighted by molar-refractivity contribution is 0.0161. The van der Waals surface area contributed by atoms with Gasteiger partial charge in [-0.05, 0) is 42.1 Å². The SMILES string of the molecule is CC(C)(CCO)[C@@H](OC(=O)Nc1ccc(C#N)cc1)c1ccc(O)c2ccccc12. The third kappa shape index (κ3) is 4.53. The lowest BCUT2D eigenvalue weighted by Gasteiger charge is -2.34. The van der Waals surface area contributed by atoms with Gasteiger partial charge in [0.05, 0.1) is 11.6 Å². The van der Waals surface area contributed by atoms with Crippen molar-refractivity contribution >= 4 is 22.6 Å². The number of rotatable bonds is 6. The summed E-state index contributed by atoms with van der Waals surface area (Å²) < 4.78 is 5.85. The number of nitrogens with one attached hydrogen (secondary N) is 1. The van der Waals surface area contributed by atoms with Gasteiger partial charge in [-0.2, -0.15) is 5.26 Å². The number of carbonyl (C=O) groups excluding carboxylic acids is 1. The molecule has 0 unspecified atom stereocenters. The molecule has 3 aromatic rings. The molecule has 0 aliphatic rings. The summed E-state index contributed by atoms with van der Waals surface area (Å²) in [5, 5.41) is 32.8. The Morgan fingerprint density at radius 2 is 1.77 bits per heavy atom. The number of hydrogen-bond donors (Lipinski definition) is 3. The van der Waals surface area contributed by atoms with Crippen LogP contribution in [0.25, 0.3) is 10.8 Å². The van der Waals surface area contributed by atoms with Crippen molar-refractivity contribution in [2.75, 3.05) is 11.9 Å². The van der Waals surface area contributed by atoms with Crippen molar-refractivity contribution < 1.29 is 19.7 Å². The van der Waals surface area contributed by atoms with Crippen molar-refractivity contribution in [3.63, 3.8) is 0 Å². The molecule has 6 heteroatoms. The van der Waals surface area contributed by atoms with E-state index >= 15 is 0 Å². The van der Waals surface area contributed by atoms with Crippen LogP contribution in [0.3, 0.4) is 0 Å². The summed E-state index contributed by atoms with van der Waals surface area (Å²) in [6, 6.07) is 19.2. The van der Waals surface area contributed by atoms with E-state index in [9.17, 15) is 15.0 Å². The third-order valence-corrected chi connectivity index (χ3v) is 5.17. The minimum absolute atomic E-state index is 0.0554. The summed E-state index contributed by atoms with van der Waals surface area (Å²) in [5.41, 5.74) is 1.17. The van der Waals surface area contributed by atoms with Crippen LogP contribution in [-0.2, 0) is 4.74 Å². The summed E-state index contributed by atoms with van der Waals surface area (Å²) in [7, 11) is 0. The summed E-state index contributed by atoms with van der Waals surface area (Å²) in [6.07, 6.45) is -0.904. The van der Waals surface area contributed by atoms with Gasteiger partial charge in [0, 0.05) is 28.7 Å². The Bertz CT molecular complexity index is 1080. The van der Waals surface area contributed by atoms with Crippen LogP contribution in [0.1, 0.15) is 37.5 Å². The van der Waals surface area contributed by atoms with Crippen LogP contribution in [0.2, 0.25) is 0 Å². The molecule has 0 saturated carbocycles. The largest absolute Gasteiger partial charge is 0.507 e.